The Hall–Kier alpha value is -0.910. The molecule has 0 aromatic heterocycles. The fourth-order valence-corrected chi connectivity index (χ4v) is 4.47. The van der Waals surface area contributed by atoms with Gasteiger partial charge in [-0.2, -0.15) is 4.31 Å². The lowest BCUT2D eigenvalue weighted by Crippen LogP contribution is -2.35. The van der Waals surface area contributed by atoms with Gasteiger partial charge in [0.2, 0.25) is 10.0 Å². The molecule has 1 aromatic rings. The minimum absolute atomic E-state index is 0.131. The van der Waals surface area contributed by atoms with Gasteiger partial charge in [-0.15, -0.1) is 0 Å². The Balaban J connectivity index is 1.91. The second-order valence-corrected chi connectivity index (χ2v) is 8.37. The van der Waals surface area contributed by atoms with E-state index in [4.69, 9.17) is 0 Å². The Morgan fingerprint density at radius 3 is 2.19 bits per heavy atom. The minimum Gasteiger partial charge on any atom is -0.392 e. The molecule has 0 amide bonds. The number of aliphatic hydroxyl groups is 1. The van der Waals surface area contributed by atoms with E-state index in [-0.39, 0.29) is 6.61 Å². The van der Waals surface area contributed by atoms with Crippen LogP contribution in [0.3, 0.4) is 0 Å². The third-order valence-corrected chi connectivity index (χ3v) is 6.34. The third-order valence-electron chi connectivity index (χ3n) is 4.37. The van der Waals surface area contributed by atoms with Gasteiger partial charge in [0, 0.05) is 13.1 Å². The quantitative estimate of drug-likeness (QED) is 0.841. The van der Waals surface area contributed by atoms with Crippen molar-refractivity contribution in [3.8, 4) is 0 Å². The number of hydrogen-bond donors (Lipinski definition) is 1. The highest BCUT2D eigenvalue weighted by molar-refractivity contribution is 7.89. The summed E-state index contributed by atoms with van der Waals surface area (Å²) in [4.78, 5) is 0.357. The van der Waals surface area contributed by atoms with Gasteiger partial charge in [-0.05, 0) is 61.6 Å². The molecule has 0 atom stereocenters. The van der Waals surface area contributed by atoms with E-state index in [0.29, 0.717) is 35.4 Å². The lowest BCUT2D eigenvalue weighted by atomic mass is 10.2. The van der Waals surface area contributed by atoms with Crippen molar-refractivity contribution in [3.63, 3.8) is 0 Å². The van der Waals surface area contributed by atoms with Crippen molar-refractivity contribution in [2.75, 3.05) is 13.1 Å². The van der Waals surface area contributed by atoms with Crippen LogP contribution in [-0.2, 0) is 16.6 Å². The topological polar surface area (TPSA) is 57.6 Å². The van der Waals surface area contributed by atoms with Gasteiger partial charge in [-0.3, -0.25) is 0 Å². The van der Waals surface area contributed by atoms with Gasteiger partial charge in [0.1, 0.15) is 0 Å². The van der Waals surface area contributed by atoms with Crippen LogP contribution in [0, 0.1) is 18.8 Å². The molecule has 0 heterocycles. The number of aryl methyl sites for hydroxylation is 1. The van der Waals surface area contributed by atoms with Gasteiger partial charge in [0.25, 0.3) is 0 Å². The molecule has 0 saturated heterocycles. The zero-order valence-electron chi connectivity index (χ0n) is 12.5. The maximum Gasteiger partial charge on any atom is 0.243 e. The molecule has 2 aliphatic carbocycles. The molecule has 4 nitrogen and oxygen atoms in total. The molecule has 116 valence electrons. The van der Waals surface area contributed by atoms with Gasteiger partial charge in [0.15, 0.2) is 0 Å². The summed E-state index contributed by atoms with van der Waals surface area (Å²) >= 11 is 0. The van der Waals surface area contributed by atoms with Crippen molar-refractivity contribution < 1.29 is 13.5 Å². The highest BCUT2D eigenvalue weighted by atomic mass is 32.2. The monoisotopic (exact) mass is 309 g/mol. The number of benzene rings is 1. The lowest BCUT2D eigenvalue weighted by Gasteiger charge is -2.23. The first-order chi connectivity index (χ1) is 10.0. The van der Waals surface area contributed by atoms with E-state index in [9.17, 15) is 13.5 Å². The average Bonchev–Trinajstić information content (AvgIpc) is 3.33. The average molecular weight is 309 g/mol. The Morgan fingerprint density at radius 2 is 1.71 bits per heavy atom. The molecule has 21 heavy (non-hydrogen) atoms. The van der Waals surface area contributed by atoms with Gasteiger partial charge >= 0.3 is 0 Å². The summed E-state index contributed by atoms with van der Waals surface area (Å²) in [5, 5.41) is 9.26. The second kappa shape index (κ2) is 5.71. The van der Waals surface area contributed by atoms with E-state index in [0.717, 1.165) is 31.2 Å². The first kappa shape index (κ1) is 15.0. The summed E-state index contributed by atoms with van der Waals surface area (Å²) in [6.45, 7) is 3.00. The number of aliphatic hydroxyl groups excluding tert-OH is 1. The summed E-state index contributed by atoms with van der Waals surface area (Å²) in [6, 6.07) is 5.18. The molecule has 0 bridgehead atoms. The van der Waals surface area contributed by atoms with E-state index in [1.165, 1.54) is 0 Å². The smallest absolute Gasteiger partial charge is 0.243 e. The van der Waals surface area contributed by atoms with Crippen molar-refractivity contribution in [1.29, 1.82) is 0 Å². The van der Waals surface area contributed by atoms with Gasteiger partial charge < -0.3 is 5.11 Å². The predicted molar refractivity (Wildman–Crippen MR) is 81.3 cm³/mol. The van der Waals surface area contributed by atoms with Crippen molar-refractivity contribution in [2.45, 2.75) is 44.1 Å². The third kappa shape index (κ3) is 3.47. The largest absolute Gasteiger partial charge is 0.392 e. The fraction of sp³-hybridized carbons (Fsp3) is 0.625. The molecular formula is C16H23NO3S. The summed E-state index contributed by atoms with van der Waals surface area (Å²) in [6.07, 6.45) is 4.58. The summed E-state index contributed by atoms with van der Waals surface area (Å²) < 4.78 is 27.7. The van der Waals surface area contributed by atoms with E-state index >= 15 is 0 Å². The van der Waals surface area contributed by atoms with E-state index in [1.807, 2.05) is 6.92 Å². The molecule has 2 aliphatic rings. The van der Waals surface area contributed by atoms with Crippen LogP contribution in [0.25, 0.3) is 0 Å². The minimum atomic E-state index is -3.45. The molecule has 5 heteroatoms. The summed E-state index contributed by atoms with van der Waals surface area (Å²) in [5.41, 5.74) is 1.40. The van der Waals surface area contributed by atoms with Gasteiger partial charge in [-0.25, -0.2) is 8.42 Å². The standard InChI is InChI=1S/C16H23NO3S/c1-12-2-3-15(11-18)8-16(12)21(19,20)17(9-13-4-5-13)10-14-6-7-14/h2-3,8,13-14,18H,4-7,9-11H2,1H3. The Kier molecular flexibility index (Phi) is 4.08. The zero-order chi connectivity index (χ0) is 15.0. The van der Waals surface area contributed by atoms with Crippen molar-refractivity contribution in [3.05, 3.63) is 29.3 Å². The van der Waals surface area contributed by atoms with Crippen LogP contribution in [0.5, 0.6) is 0 Å². The fourth-order valence-electron chi connectivity index (χ4n) is 2.61. The second-order valence-electron chi connectivity index (χ2n) is 6.47. The number of sulfonamides is 1. The SMILES string of the molecule is Cc1ccc(CO)cc1S(=O)(=O)N(CC1CC1)CC1CC1. The number of hydrogen-bond acceptors (Lipinski definition) is 3. The zero-order valence-corrected chi connectivity index (χ0v) is 13.3. The molecule has 1 aromatic carbocycles. The van der Waals surface area contributed by atoms with Crippen LogP contribution < -0.4 is 0 Å². The van der Waals surface area contributed by atoms with Crippen LogP contribution in [0.4, 0.5) is 0 Å². The summed E-state index contributed by atoms with van der Waals surface area (Å²) in [5.74, 6) is 1.08. The van der Waals surface area contributed by atoms with Crippen LogP contribution in [0.1, 0.15) is 36.8 Å². The Labute approximate surface area is 126 Å². The molecule has 0 aliphatic heterocycles. The van der Waals surface area contributed by atoms with Gasteiger partial charge in [-0.1, -0.05) is 12.1 Å². The van der Waals surface area contributed by atoms with E-state index < -0.39 is 10.0 Å². The highest BCUT2D eigenvalue weighted by Gasteiger charge is 2.36. The maximum absolute atomic E-state index is 13.0. The van der Waals surface area contributed by atoms with Crippen molar-refractivity contribution in [1.82, 2.24) is 4.31 Å². The molecule has 1 N–H and O–H groups in total. The van der Waals surface area contributed by atoms with Crippen LogP contribution in [0.15, 0.2) is 23.1 Å². The molecule has 2 fully saturated rings. The molecular weight excluding hydrogens is 286 g/mol. The van der Waals surface area contributed by atoms with E-state index in [1.54, 1.807) is 22.5 Å². The maximum atomic E-state index is 13.0. The van der Waals surface area contributed by atoms with E-state index in [2.05, 4.69) is 0 Å². The first-order valence-electron chi connectivity index (χ1n) is 7.71. The number of rotatable bonds is 7. The summed E-state index contributed by atoms with van der Waals surface area (Å²) in [7, 11) is -3.45. The number of nitrogens with zero attached hydrogens (tertiary/aromatic N) is 1. The first-order valence-corrected chi connectivity index (χ1v) is 9.15. The Bertz CT molecular complexity index is 604. The molecule has 0 spiro atoms. The van der Waals surface area contributed by atoms with Crippen LogP contribution >= 0.6 is 0 Å². The van der Waals surface area contributed by atoms with Crippen molar-refractivity contribution in [2.24, 2.45) is 11.8 Å². The van der Waals surface area contributed by atoms with Crippen LogP contribution in [0.2, 0.25) is 0 Å². The van der Waals surface area contributed by atoms with Crippen LogP contribution in [-0.4, -0.2) is 30.9 Å². The Morgan fingerprint density at radius 1 is 1.14 bits per heavy atom. The molecule has 2 saturated carbocycles. The predicted octanol–water partition coefficient (Wildman–Crippen LogP) is 2.30. The molecule has 3 rings (SSSR count). The highest BCUT2D eigenvalue weighted by Crippen LogP contribution is 2.36. The van der Waals surface area contributed by atoms with Gasteiger partial charge in [0.05, 0.1) is 11.5 Å². The normalized spacial score (nSPS) is 19.2. The molecule has 0 radical (unpaired) electrons. The lowest BCUT2D eigenvalue weighted by molar-refractivity contribution is 0.281. The molecule has 0 unspecified atom stereocenters. The van der Waals surface area contributed by atoms with Crippen molar-refractivity contribution >= 4 is 10.0 Å².